The van der Waals surface area contributed by atoms with Crippen LogP contribution in [0.5, 0.6) is 11.5 Å². The molecule has 0 aliphatic carbocycles. The van der Waals surface area contributed by atoms with Gasteiger partial charge in [0.2, 0.25) is 6.71 Å². The predicted molar refractivity (Wildman–Crippen MR) is 220 cm³/mol. The highest BCUT2D eigenvalue weighted by Crippen LogP contribution is 2.38. The van der Waals surface area contributed by atoms with Gasteiger partial charge in [0.05, 0.1) is 25.3 Å². The summed E-state index contributed by atoms with van der Waals surface area (Å²) < 4.78 is 13.8. The number of benzene rings is 7. The maximum absolute atomic E-state index is 5.71. The molecule has 0 N–H and O–H groups in total. The fourth-order valence-electron chi connectivity index (χ4n) is 8.14. The topological polar surface area (TPSA) is 62.1 Å². The highest BCUT2D eigenvalue weighted by molar-refractivity contribution is 7.00. The van der Waals surface area contributed by atoms with Gasteiger partial charge in [-0.3, -0.25) is 0 Å². The smallest absolute Gasteiger partial charge is 0.246 e. The average molecular weight is 697 g/mol. The second-order valence-electron chi connectivity index (χ2n) is 13.5. The first-order valence-electron chi connectivity index (χ1n) is 18.0. The van der Waals surface area contributed by atoms with E-state index in [0.717, 1.165) is 55.7 Å². The van der Waals surface area contributed by atoms with Crippen LogP contribution in [0.15, 0.2) is 164 Å². The van der Waals surface area contributed by atoms with Crippen LogP contribution in [0.3, 0.4) is 0 Å². The molecule has 7 aromatic carbocycles. The SMILES string of the molecule is COc1ccc2c(c1)c1cc(OC)ccc1n2-c1cccc2c1B(c1ccccc1)c1c(-c3nc(-c4ccccc4)nc(-c4ccccc4)n3)cccc1-2. The van der Waals surface area contributed by atoms with Crippen molar-refractivity contribution < 1.29 is 9.47 Å². The molecule has 6 nitrogen and oxygen atoms in total. The van der Waals surface area contributed by atoms with E-state index in [0.29, 0.717) is 17.5 Å². The Morgan fingerprint density at radius 3 is 1.48 bits per heavy atom. The largest absolute Gasteiger partial charge is 0.497 e. The molecule has 0 spiro atoms. The zero-order valence-electron chi connectivity index (χ0n) is 29.8. The van der Waals surface area contributed by atoms with Gasteiger partial charge < -0.3 is 14.0 Å². The Labute approximate surface area is 313 Å². The number of nitrogens with zero attached hydrogens (tertiary/aromatic N) is 4. The number of rotatable bonds is 7. The second kappa shape index (κ2) is 12.9. The maximum atomic E-state index is 5.71. The lowest BCUT2D eigenvalue weighted by Gasteiger charge is -2.19. The normalized spacial score (nSPS) is 11.9. The van der Waals surface area contributed by atoms with E-state index in [4.69, 9.17) is 24.4 Å². The lowest BCUT2D eigenvalue weighted by atomic mass is 9.38. The Balaban J connectivity index is 1.25. The van der Waals surface area contributed by atoms with Gasteiger partial charge in [-0.15, -0.1) is 0 Å². The number of hydrogen-bond donors (Lipinski definition) is 0. The average Bonchev–Trinajstić information content (AvgIpc) is 3.76. The standard InChI is InChI=1S/C47H33BN4O2/c1-53-33-24-26-40-38(28-33)39-29-34(54-2)25-27-41(39)52(40)42-23-13-21-36-35-20-12-22-37(43(35)48(44(36)42)32-18-10-5-11-19-32)47-50-45(30-14-6-3-7-15-30)49-46(51-47)31-16-8-4-9-17-31/h3-29H,1-2H3. The Morgan fingerprint density at radius 1 is 0.444 bits per heavy atom. The molecule has 9 aromatic rings. The van der Waals surface area contributed by atoms with Crippen molar-refractivity contribution in [1.82, 2.24) is 19.5 Å². The molecular formula is C47H33BN4O2. The number of aromatic nitrogens is 4. The van der Waals surface area contributed by atoms with Crippen molar-refractivity contribution in [3.05, 3.63) is 164 Å². The lowest BCUT2D eigenvalue weighted by Crippen LogP contribution is -2.50. The summed E-state index contributed by atoms with van der Waals surface area (Å²) in [6, 6.07) is 56.9. The summed E-state index contributed by atoms with van der Waals surface area (Å²) in [6.45, 7) is -0.107. The molecule has 0 fully saturated rings. The molecular weight excluding hydrogens is 663 g/mol. The Hall–Kier alpha value is -6.99. The first kappa shape index (κ1) is 31.7. The molecule has 256 valence electrons. The number of ether oxygens (including phenoxy) is 2. The number of hydrogen-bond acceptors (Lipinski definition) is 5. The van der Waals surface area contributed by atoms with Gasteiger partial charge in [-0.05, 0) is 59.1 Å². The molecule has 0 bridgehead atoms. The van der Waals surface area contributed by atoms with Crippen molar-refractivity contribution >= 4 is 44.9 Å². The molecule has 0 saturated carbocycles. The van der Waals surface area contributed by atoms with Crippen LogP contribution in [-0.4, -0.2) is 40.5 Å². The molecule has 0 saturated heterocycles. The quantitative estimate of drug-likeness (QED) is 0.157. The van der Waals surface area contributed by atoms with Gasteiger partial charge in [0.25, 0.3) is 0 Å². The van der Waals surface area contributed by atoms with E-state index in [1.165, 1.54) is 27.5 Å². The number of methoxy groups -OCH3 is 2. The summed E-state index contributed by atoms with van der Waals surface area (Å²) in [7, 11) is 3.42. The summed E-state index contributed by atoms with van der Waals surface area (Å²) in [5.74, 6) is 3.54. The molecule has 0 unspecified atom stereocenters. The van der Waals surface area contributed by atoms with Crippen LogP contribution in [0.2, 0.25) is 0 Å². The van der Waals surface area contributed by atoms with Crippen LogP contribution in [0.25, 0.3) is 72.8 Å². The third-order valence-corrected chi connectivity index (χ3v) is 10.6. The second-order valence-corrected chi connectivity index (χ2v) is 13.5. The third-order valence-electron chi connectivity index (χ3n) is 10.6. The monoisotopic (exact) mass is 696 g/mol. The fraction of sp³-hybridized carbons (Fsp3) is 0.0426. The van der Waals surface area contributed by atoms with Gasteiger partial charge in [-0.2, -0.15) is 0 Å². The summed E-state index contributed by atoms with van der Waals surface area (Å²) in [5, 5.41) is 2.20. The van der Waals surface area contributed by atoms with E-state index >= 15 is 0 Å². The Bertz CT molecular complexity index is 2740. The summed E-state index contributed by atoms with van der Waals surface area (Å²) in [5.41, 5.74) is 12.1. The van der Waals surface area contributed by atoms with E-state index in [1.54, 1.807) is 14.2 Å². The van der Waals surface area contributed by atoms with Crippen LogP contribution < -0.4 is 25.9 Å². The van der Waals surface area contributed by atoms with Gasteiger partial charge in [0.15, 0.2) is 17.5 Å². The maximum Gasteiger partial charge on any atom is 0.246 e. The molecule has 1 aliphatic rings. The predicted octanol–water partition coefficient (Wildman–Crippen LogP) is 8.48. The summed E-state index contributed by atoms with van der Waals surface area (Å²) in [4.78, 5) is 15.4. The minimum Gasteiger partial charge on any atom is -0.497 e. The van der Waals surface area contributed by atoms with Crippen LogP contribution in [-0.2, 0) is 0 Å². The van der Waals surface area contributed by atoms with Crippen molar-refractivity contribution in [2.75, 3.05) is 14.2 Å². The number of fused-ring (bicyclic) bond motifs is 6. The Morgan fingerprint density at radius 2 is 0.926 bits per heavy atom. The minimum atomic E-state index is -0.107. The van der Waals surface area contributed by atoms with Gasteiger partial charge >= 0.3 is 0 Å². The van der Waals surface area contributed by atoms with Crippen LogP contribution in [0.4, 0.5) is 0 Å². The van der Waals surface area contributed by atoms with Crippen molar-refractivity contribution in [2.24, 2.45) is 0 Å². The fourth-order valence-corrected chi connectivity index (χ4v) is 8.14. The molecule has 3 heterocycles. The third kappa shape index (κ3) is 5.08. The molecule has 0 atom stereocenters. The van der Waals surface area contributed by atoms with E-state index in [-0.39, 0.29) is 6.71 Å². The van der Waals surface area contributed by atoms with E-state index < -0.39 is 0 Å². The molecule has 0 amide bonds. The van der Waals surface area contributed by atoms with Crippen molar-refractivity contribution in [1.29, 1.82) is 0 Å². The Kier molecular flexibility index (Phi) is 7.58. The van der Waals surface area contributed by atoms with E-state index in [1.807, 2.05) is 48.5 Å². The summed E-state index contributed by atoms with van der Waals surface area (Å²) >= 11 is 0. The first-order chi connectivity index (χ1) is 26.7. The van der Waals surface area contributed by atoms with Gasteiger partial charge in [0.1, 0.15) is 11.5 Å². The van der Waals surface area contributed by atoms with Crippen LogP contribution in [0, 0.1) is 0 Å². The molecule has 1 aliphatic heterocycles. The first-order valence-corrected chi connectivity index (χ1v) is 18.0. The van der Waals surface area contributed by atoms with Crippen molar-refractivity contribution in [3.63, 3.8) is 0 Å². The zero-order valence-corrected chi connectivity index (χ0v) is 29.8. The van der Waals surface area contributed by atoms with Gasteiger partial charge in [0, 0.05) is 33.2 Å². The van der Waals surface area contributed by atoms with E-state index in [2.05, 4.69) is 120 Å². The van der Waals surface area contributed by atoms with Crippen molar-refractivity contribution in [3.8, 4) is 62.5 Å². The molecule has 10 rings (SSSR count). The molecule has 7 heteroatoms. The molecule has 54 heavy (non-hydrogen) atoms. The minimum absolute atomic E-state index is 0.107. The van der Waals surface area contributed by atoms with E-state index in [9.17, 15) is 0 Å². The lowest BCUT2D eigenvalue weighted by molar-refractivity contribution is 0.415. The van der Waals surface area contributed by atoms with Gasteiger partial charge in [-0.25, -0.2) is 15.0 Å². The summed E-state index contributed by atoms with van der Waals surface area (Å²) in [6.07, 6.45) is 0. The van der Waals surface area contributed by atoms with Crippen LogP contribution in [0.1, 0.15) is 0 Å². The zero-order chi connectivity index (χ0) is 36.2. The van der Waals surface area contributed by atoms with Gasteiger partial charge in [-0.1, -0.05) is 132 Å². The highest BCUT2D eigenvalue weighted by atomic mass is 16.5. The molecule has 2 aromatic heterocycles. The highest BCUT2D eigenvalue weighted by Gasteiger charge is 2.39. The van der Waals surface area contributed by atoms with Crippen molar-refractivity contribution in [2.45, 2.75) is 0 Å². The van der Waals surface area contributed by atoms with Crippen LogP contribution >= 0.6 is 0 Å². The molecule has 0 radical (unpaired) electrons.